The normalized spacial score (nSPS) is 11.1. The summed E-state index contributed by atoms with van der Waals surface area (Å²) in [6, 6.07) is 4.98. The van der Waals surface area contributed by atoms with E-state index in [0.717, 1.165) is 18.3 Å². The molecule has 0 unspecified atom stereocenters. The molecule has 0 aliphatic rings. The molecular weight excluding hydrogens is 298 g/mol. The number of nitro groups is 1. The molecule has 0 radical (unpaired) electrons. The summed E-state index contributed by atoms with van der Waals surface area (Å²) in [6.45, 7) is 1.54. The first-order valence-corrected chi connectivity index (χ1v) is 7.24. The number of aromatic amines is 1. The Morgan fingerprint density at radius 2 is 2.00 bits per heavy atom. The van der Waals surface area contributed by atoms with Crippen molar-refractivity contribution in [1.82, 2.24) is 4.98 Å². The molecule has 0 fully saturated rings. The van der Waals surface area contributed by atoms with Gasteiger partial charge in [-0.05, 0) is 13.0 Å². The minimum Gasteiger partial charge on any atom is -0.366 e. The second kappa shape index (κ2) is 5.37. The Hall–Kier alpha value is -2.68. The lowest BCUT2D eigenvalue weighted by Crippen LogP contribution is -2.21. The van der Waals surface area contributed by atoms with Crippen LogP contribution in [0.25, 0.3) is 0 Å². The molecule has 0 saturated carbocycles. The summed E-state index contributed by atoms with van der Waals surface area (Å²) in [5.41, 5.74) is -0.476. The molecule has 21 heavy (non-hydrogen) atoms. The standard InChI is InChI=1S/C12H11N3O5S/c1-8-2-3-9(6-10(8)15(17)18)14-21(19,20)12-7-13-5-4-11(12)16/h2-7,14H,1H3,(H,13,16). The third-order valence-corrected chi connectivity index (χ3v) is 4.14. The molecule has 9 heteroatoms. The number of benzene rings is 1. The minimum atomic E-state index is -4.12. The number of nitrogens with zero attached hydrogens (tertiary/aromatic N) is 1. The fraction of sp³-hybridized carbons (Fsp3) is 0.0833. The maximum absolute atomic E-state index is 12.1. The number of aryl methyl sites for hydroxylation is 1. The maximum atomic E-state index is 12.1. The highest BCUT2D eigenvalue weighted by molar-refractivity contribution is 7.92. The first-order chi connectivity index (χ1) is 9.81. The zero-order valence-electron chi connectivity index (χ0n) is 10.9. The van der Waals surface area contributed by atoms with E-state index in [1.165, 1.54) is 25.3 Å². The number of sulfonamides is 1. The molecule has 0 saturated heterocycles. The monoisotopic (exact) mass is 309 g/mol. The Kier molecular flexibility index (Phi) is 3.76. The Balaban J connectivity index is 2.43. The van der Waals surface area contributed by atoms with Gasteiger partial charge in [-0.2, -0.15) is 0 Å². The van der Waals surface area contributed by atoms with Crippen molar-refractivity contribution in [3.8, 4) is 0 Å². The van der Waals surface area contributed by atoms with Crippen LogP contribution in [0, 0.1) is 17.0 Å². The van der Waals surface area contributed by atoms with Crippen LogP contribution in [0.4, 0.5) is 11.4 Å². The summed E-state index contributed by atoms with van der Waals surface area (Å²) in [6.07, 6.45) is 2.35. The smallest absolute Gasteiger partial charge is 0.274 e. The van der Waals surface area contributed by atoms with Gasteiger partial charge in [0.15, 0.2) is 4.90 Å². The zero-order chi connectivity index (χ0) is 15.6. The van der Waals surface area contributed by atoms with E-state index in [-0.39, 0.29) is 11.4 Å². The largest absolute Gasteiger partial charge is 0.366 e. The third-order valence-electron chi connectivity index (χ3n) is 2.74. The number of H-pyrrole nitrogens is 1. The number of aromatic nitrogens is 1. The molecule has 2 rings (SSSR count). The van der Waals surface area contributed by atoms with Crippen LogP contribution in [-0.4, -0.2) is 18.3 Å². The molecule has 110 valence electrons. The number of nitrogens with one attached hydrogen (secondary N) is 2. The van der Waals surface area contributed by atoms with Crippen molar-refractivity contribution in [3.05, 3.63) is 62.6 Å². The van der Waals surface area contributed by atoms with Gasteiger partial charge < -0.3 is 4.98 Å². The molecule has 2 aromatic rings. The van der Waals surface area contributed by atoms with Crippen LogP contribution in [0.2, 0.25) is 0 Å². The molecule has 0 aliphatic carbocycles. The van der Waals surface area contributed by atoms with Crippen molar-refractivity contribution >= 4 is 21.4 Å². The van der Waals surface area contributed by atoms with E-state index in [9.17, 15) is 23.3 Å². The fourth-order valence-electron chi connectivity index (χ4n) is 1.69. The van der Waals surface area contributed by atoms with Gasteiger partial charge in [0.2, 0.25) is 5.43 Å². The Morgan fingerprint density at radius 1 is 1.29 bits per heavy atom. The number of rotatable bonds is 4. The number of pyridine rings is 1. The first kappa shape index (κ1) is 14.7. The third kappa shape index (κ3) is 3.08. The summed E-state index contributed by atoms with van der Waals surface area (Å²) in [5.74, 6) is 0. The number of anilines is 1. The van der Waals surface area contributed by atoms with Crippen LogP contribution in [0.1, 0.15) is 5.56 Å². The number of hydrogen-bond donors (Lipinski definition) is 2. The number of nitro benzene ring substituents is 1. The van der Waals surface area contributed by atoms with Gasteiger partial charge in [0.1, 0.15) is 0 Å². The van der Waals surface area contributed by atoms with Gasteiger partial charge in [0, 0.05) is 30.1 Å². The molecule has 0 amide bonds. The highest BCUT2D eigenvalue weighted by Crippen LogP contribution is 2.23. The Bertz CT molecular complexity index is 857. The van der Waals surface area contributed by atoms with Gasteiger partial charge in [-0.15, -0.1) is 0 Å². The minimum absolute atomic E-state index is 0.00977. The topological polar surface area (TPSA) is 122 Å². The highest BCUT2D eigenvalue weighted by Gasteiger charge is 2.19. The van der Waals surface area contributed by atoms with E-state index >= 15 is 0 Å². The van der Waals surface area contributed by atoms with E-state index in [2.05, 4.69) is 9.71 Å². The van der Waals surface area contributed by atoms with Crippen molar-refractivity contribution in [2.24, 2.45) is 0 Å². The molecule has 0 bridgehead atoms. The fourth-order valence-corrected chi connectivity index (χ4v) is 2.79. The average Bonchev–Trinajstić information content (AvgIpc) is 2.40. The molecular formula is C12H11N3O5S. The lowest BCUT2D eigenvalue weighted by molar-refractivity contribution is -0.385. The van der Waals surface area contributed by atoms with Crippen molar-refractivity contribution in [2.75, 3.05) is 4.72 Å². The van der Waals surface area contributed by atoms with E-state index in [0.29, 0.717) is 5.56 Å². The predicted octanol–water partition coefficient (Wildman–Crippen LogP) is 1.39. The summed E-state index contributed by atoms with van der Waals surface area (Å²) >= 11 is 0. The van der Waals surface area contributed by atoms with E-state index < -0.39 is 25.3 Å². The van der Waals surface area contributed by atoms with Crippen LogP contribution < -0.4 is 10.2 Å². The SMILES string of the molecule is Cc1ccc(NS(=O)(=O)c2c[nH]ccc2=O)cc1[N+](=O)[O-]. The number of hydrogen-bond acceptors (Lipinski definition) is 5. The van der Waals surface area contributed by atoms with Gasteiger partial charge in [-0.3, -0.25) is 19.6 Å². The molecule has 2 N–H and O–H groups in total. The van der Waals surface area contributed by atoms with Crippen LogP contribution in [0.3, 0.4) is 0 Å². The molecule has 1 aromatic heterocycles. The summed E-state index contributed by atoms with van der Waals surface area (Å²) < 4.78 is 26.3. The van der Waals surface area contributed by atoms with Crippen LogP contribution in [-0.2, 0) is 10.0 Å². The maximum Gasteiger partial charge on any atom is 0.274 e. The van der Waals surface area contributed by atoms with Crippen LogP contribution in [0.5, 0.6) is 0 Å². The molecule has 0 aliphatic heterocycles. The highest BCUT2D eigenvalue weighted by atomic mass is 32.2. The average molecular weight is 309 g/mol. The molecule has 8 nitrogen and oxygen atoms in total. The van der Waals surface area contributed by atoms with Crippen LogP contribution in [0.15, 0.2) is 46.3 Å². The summed E-state index contributed by atoms with van der Waals surface area (Å²) in [7, 11) is -4.12. The Morgan fingerprint density at radius 3 is 2.62 bits per heavy atom. The van der Waals surface area contributed by atoms with Crippen molar-refractivity contribution in [3.63, 3.8) is 0 Å². The van der Waals surface area contributed by atoms with Gasteiger partial charge in [0.05, 0.1) is 10.6 Å². The lowest BCUT2D eigenvalue weighted by Gasteiger charge is -2.07. The second-order valence-corrected chi connectivity index (χ2v) is 5.89. The Labute approximate surface area is 119 Å². The van der Waals surface area contributed by atoms with Gasteiger partial charge >= 0.3 is 0 Å². The van der Waals surface area contributed by atoms with Crippen molar-refractivity contribution in [1.29, 1.82) is 0 Å². The molecule has 1 heterocycles. The zero-order valence-corrected chi connectivity index (χ0v) is 11.7. The molecule has 0 atom stereocenters. The quantitative estimate of drug-likeness (QED) is 0.652. The summed E-state index contributed by atoms with van der Waals surface area (Å²) in [5, 5.41) is 10.8. The predicted molar refractivity (Wildman–Crippen MR) is 75.7 cm³/mol. The molecule has 1 aromatic carbocycles. The van der Waals surface area contributed by atoms with E-state index in [4.69, 9.17) is 0 Å². The summed E-state index contributed by atoms with van der Waals surface area (Å²) in [4.78, 5) is 23.8. The van der Waals surface area contributed by atoms with Crippen molar-refractivity contribution < 1.29 is 13.3 Å². The van der Waals surface area contributed by atoms with Crippen LogP contribution >= 0.6 is 0 Å². The van der Waals surface area contributed by atoms with Crippen molar-refractivity contribution in [2.45, 2.75) is 11.8 Å². The second-order valence-electron chi connectivity index (χ2n) is 4.24. The first-order valence-electron chi connectivity index (χ1n) is 5.76. The van der Waals surface area contributed by atoms with E-state index in [1.54, 1.807) is 0 Å². The van der Waals surface area contributed by atoms with Gasteiger partial charge in [0.25, 0.3) is 15.7 Å². The van der Waals surface area contributed by atoms with Gasteiger partial charge in [-0.25, -0.2) is 8.42 Å². The lowest BCUT2D eigenvalue weighted by atomic mass is 10.2. The van der Waals surface area contributed by atoms with Gasteiger partial charge in [-0.1, -0.05) is 6.07 Å². The molecule has 0 spiro atoms. The van der Waals surface area contributed by atoms with E-state index in [1.807, 2.05) is 0 Å².